The Morgan fingerprint density at radius 1 is 1.30 bits per heavy atom. The summed E-state index contributed by atoms with van der Waals surface area (Å²) >= 11 is 0. The van der Waals surface area contributed by atoms with Gasteiger partial charge in [-0.2, -0.15) is 0 Å². The number of hydrogen-bond donors (Lipinski definition) is 2. The Morgan fingerprint density at radius 2 is 2.00 bits per heavy atom. The summed E-state index contributed by atoms with van der Waals surface area (Å²) in [5.74, 6) is -0.711. The van der Waals surface area contributed by atoms with Gasteiger partial charge in [0, 0.05) is 33.1 Å². The number of anilines is 2. The van der Waals surface area contributed by atoms with E-state index in [1.54, 1.807) is 17.0 Å². The lowest BCUT2D eigenvalue weighted by atomic mass is 10.2. The number of cyclic esters (lactones) is 1. The van der Waals surface area contributed by atoms with Crippen molar-refractivity contribution in [2.45, 2.75) is 13.0 Å². The Bertz CT molecular complexity index is 751. The lowest BCUT2D eigenvalue weighted by molar-refractivity contribution is -0.119. The second-order valence-electron chi connectivity index (χ2n) is 6.45. The number of carbonyl (C=O) groups is 3. The summed E-state index contributed by atoms with van der Waals surface area (Å²) < 4.78 is 19.8. The number of nitrogens with zero attached hydrogens (tertiary/aromatic N) is 3. The van der Waals surface area contributed by atoms with Crippen molar-refractivity contribution in [2.24, 2.45) is 0 Å². The van der Waals surface area contributed by atoms with Crippen molar-refractivity contribution in [1.82, 2.24) is 10.2 Å². The largest absolute Gasteiger partial charge is 0.465 e. The zero-order valence-electron chi connectivity index (χ0n) is 14.9. The van der Waals surface area contributed by atoms with E-state index in [0.717, 1.165) is 0 Å². The maximum atomic E-state index is 14.6. The molecule has 1 aromatic rings. The molecule has 9 nitrogen and oxygen atoms in total. The van der Waals surface area contributed by atoms with Crippen LogP contribution in [0.1, 0.15) is 6.92 Å². The lowest BCUT2D eigenvalue weighted by Crippen LogP contribution is -2.48. The highest BCUT2D eigenvalue weighted by Gasteiger charge is 2.33. The molecule has 0 spiro atoms. The van der Waals surface area contributed by atoms with Crippen molar-refractivity contribution in [3.05, 3.63) is 24.0 Å². The van der Waals surface area contributed by atoms with Crippen molar-refractivity contribution in [3.8, 4) is 0 Å². The molecule has 2 saturated heterocycles. The molecule has 0 bridgehead atoms. The molecule has 2 N–H and O–H groups in total. The normalized spacial score (nSPS) is 19.9. The van der Waals surface area contributed by atoms with Gasteiger partial charge in [-0.15, -0.1) is 0 Å². The van der Waals surface area contributed by atoms with Crippen LogP contribution < -0.4 is 15.1 Å². The number of carbonyl (C=O) groups excluding carboxylic acids is 2. The fourth-order valence-corrected chi connectivity index (χ4v) is 3.16. The summed E-state index contributed by atoms with van der Waals surface area (Å²) in [7, 11) is 0. The second kappa shape index (κ2) is 7.68. The predicted octanol–water partition coefficient (Wildman–Crippen LogP) is 1.09. The van der Waals surface area contributed by atoms with Gasteiger partial charge in [0.2, 0.25) is 5.91 Å². The SMILES string of the molecule is CC(=O)NC[C@H]1CN(c2ccc(N3CCN(C(=O)O)CC3)c(F)c2)C(=O)O1. The summed E-state index contributed by atoms with van der Waals surface area (Å²) in [6.45, 7) is 3.19. The Hall–Kier alpha value is -3.04. The van der Waals surface area contributed by atoms with Crippen LogP contribution in [0.15, 0.2) is 18.2 Å². The number of rotatable bonds is 4. The molecule has 10 heteroatoms. The molecule has 3 rings (SSSR count). The number of carboxylic acid groups (broad SMARTS) is 1. The number of ether oxygens (including phenoxy) is 1. The molecule has 1 aromatic carbocycles. The summed E-state index contributed by atoms with van der Waals surface area (Å²) in [5, 5.41) is 11.6. The van der Waals surface area contributed by atoms with Crippen LogP contribution in [0.2, 0.25) is 0 Å². The molecule has 0 saturated carbocycles. The van der Waals surface area contributed by atoms with Gasteiger partial charge in [0.1, 0.15) is 11.9 Å². The number of nitrogens with one attached hydrogen (secondary N) is 1. The summed E-state index contributed by atoms with van der Waals surface area (Å²) in [5.41, 5.74) is 0.738. The Morgan fingerprint density at radius 3 is 2.59 bits per heavy atom. The zero-order valence-corrected chi connectivity index (χ0v) is 14.9. The monoisotopic (exact) mass is 380 g/mol. The quantitative estimate of drug-likeness (QED) is 0.811. The van der Waals surface area contributed by atoms with E-state index in [2.05, 4.69) is 5.32 Å². The summed E-state index contributed by atoms with van der Waals surface area (Å²) in [6, 6.07) is 4.47. The molecule has 3 amide bonds. The number of benzene rings is 1. The van der Waals surface area contributed by atoms with Crippen molar-refractivity contribution < 1.29 is 28.6 Å². The Labute approximate surface area is 155 Å². The Kier molecular flexibility index (Phi) is 5.33. The summed E-state index contributed by atoms with van der Waals surface area (Å²) in [6.07, 6.45) is -2.06. The highest BCUT2D eigenvalue weighted by Crippen LogP contribution is 2.28. The van der Waals surface area contributed by atoms with Crippen LogP contribution in [0.4, 0.5) is 25.4 Å². The first-order valence-electron chi connectivity index (χ1n) is 8.60. The van der Waals surface area contributed by atoms with E-state index in [1.165, 1.54) is 22.8 Å². The molecule has 27 heavy (non-hydrogen) atoms. The third kappa shape index (κ3) is 4.21. The molecule has 2 aliphatic heterocycles. The third-order valence-corrected chi connectivity index (χ3v) is 4.59. The van der Waals surface area contributed by atoms with Gasteiger partial charge in [-0.3, -0.25) is 9.69 Å². The molecule has 2 heterocycles. The fourth-order valence-electron chi connectivity index (χ4n) is 3.16. The molecule has 2 aliphatic rings. The van der Waals surface area contributed by atoms with Gasteiger partial charge < -0.3 is 25.0 Å². The molecule has 146 valence electrons. The molecule has 2 fully saturated rings. The van der Waals surface area contributed by atoms with Crippen LogP contribution in [0.5, 0.6) is 0 Å². The van der Waals surface area contributed by atoms with E-state index in [1.807, 2.05) is 0 Å². The van der Waals surface area contributed by atoms with Gasteiger partial charge in [0.05, 0.1) is 24.5 Å². The molecular weight excluding hydrogens is 359 g/mol. The molecule has 1 atom stereocenters. The number of amides is 3. The van der Waals surface area contributed by atoms with Gasteiger partial charge in [-0.25, -0.2) is 14.0 Å². The van der Waals surface area contributed by atoms with Gasteiger partial charge in [0.25, 0.3) is 0 Å². The lowest BCUT2D eigenvalue weighted by Gasteiger charge is -2.34. The highest BCUT2D eigenvalue weighted by molar-refractivity contribution is 5.90. The molecule has 0 radical (unpaired) electrons. The van der Waals surface area contributed by atoms with Crippen molar-refractivity contribution in [1.29, 1.82) is 0 Å². The van der Waals surface area contributed by atoms with E-state index < -0.39 is 24.1 Å². The maximum Gasteiger partial charge on any atom is 0.414 e. The first-order chi connectivity index (χ1) is 12.8. The number of piperazine rings is 1. The number of hydrogen-bond acceptors (Lipinski definition) is 5. The minimum Gasteiger partial charge on any atom is -0.465 e. The standard InChI is InChI=1S/C17H21FN4O5/c1-11(23)19-9-13-10-22(17(26)27-13)12-2-3-15(14(18)8-12)20-4-6-21(7-5-20)16(24)25/h2-3,8,13H,4-7,9-10H2,1H3,(H,19,23)(H,24,25)/t13-/m0/s1. The van der Waals surface area contributed by atoms with E-state index in [0.29, 0.717) is 37.6 Å². The van der Waals surface area contributed by atoms with Crippen LogP contribution >= 0.6 is 0 Å². The van der Waals surface area contributed by atoms with E-state index in [-0.39, 0.29) is 19.0 Å². The molecule has 0 aromatic heterocycles. The fraction of sp³-hybridized carbons (Fsp3) is 0.471. The van der Waals surface area contributed by atoms with E-state index in [4.69, 9.17) is 9.84 Å². The first-order valence-corrected chi connectivity index (χ1v) is 8.60. The van der Waals surface area contributed by atoms with Gasteiger partial charge in [-0.05, 0) is 18.2 Å². The van der Waals surface area contributed by atoms with Crippen LogP contribution in [-0.4, -0.2) is 73.5 Å². The van der Waals surface area contributed by atoms with Crippen LogP contribution in [0.25, 0.3) is 0 Å². The van der Waals surface area contributed by atoms with Gasteiger partial charge in [0.15, 0.2) is 0 Å². The van der Waals surface area contributed by atoms with Crippen LogP contribution in [0.3, 0.4) is 0 Å². The van der Waals surface area contributed by atoms with Gasteiger partial charge >= 0.3 is 12.2 Å². The van der Waals surface area contributed by atoms with Gasteiger partial charge in [-0.1, -0.05) is 0 Å². The van der Waals surface area contributed by atoms with Crippen molar-refractivity contribution in [2.75, 3.05) is 49.1 Å². The predicted molar refractivity (Wildman–Crippen MR) is 94.5 cm³/mol. The van der Waals surface area contributed by atoms with Crippen LogP contribution in [-0.2, 0) is 9.53 Å². The number of halogens is 1. The van der Waals surface area contributed by atoms with E-state index >= 15 is 0 Å². The minimum absolute atomic E-state index is 0.200. The maximum absolute atomic E-state index is 14.6. The Balaban J connectivity index is 1.66. The topological polar surface area (TPSA) is 102 Å². The highest BCUT2D eigenvalue weighted by atomic mass is 19.1. The average Bonchev–Trinajstić information content (AvgIpc) is 3.01. The molecular formula is C17H21FN4O5. The second-order valence-corrected chi connectivity index (χ2v) is 6.45. The average molecular weight is 380 g/mol. The van der Waals surface area contributed by atoms with Crippen molar-refractivity contribution >= 4 is 29.5 Å². The summed E-state index contributed by atoms with van der Waals surface area (Å²) in [4.78, 5) is 38.3. The van der Waals surface area contributed by atoms with Crippen LogP contribution in [0, 0.1) is 5.82 Å². The minimum atomic E-state index is -0.980. The first kappa shape index (κ1) is 18.7. The van der Waals surface area contributed by atoms with Crippen molar-refractivity contribution in [3.63, 3.8) is 0 Å². The molecule has 0 aliphatic carbocycles. The third-order valence-electron chi connectivity index (χ3n) is 4.59. The smallest absolute Gasteiger partial charge is 0.414 e. The van der Waals surface area contributed by atoms with E-state index in [9.17, 15) is 18.8 Å². The zero-order chi connectivity index (χ0) is 19.6. The molecule has 0 unspecified atom stereocenters.